The summed E-state index contributed by atoms with van der Waals surface area (Å²) in [6, 6.07) is 13.0. The average molecular weight is 339 g/mol. The predicted molar refractivity (Wildman–Crippen MR) is 93.4 cm³/mol. The summed E-state index contributed by atoms with van der Waals surface area (Å²) in [6.07, 6.45) is 1.98. The predicted octanol–water partition coefficient (Wildman–Crippen LogP) is 4.37. The molecule has 3 N–H and O–H groups in total. The number of para-hydroxylation sites is 1. The molecule has 2 aromatic carbocycles. The Balaban J connectivity index is 1.99. The summed E-state index contributed by atoms with van der Waals surface area (Å²) in [5, 5.41) is 3.47. The molecule has 0 saturated carbocycles. The van der Waals surface area contributed by atoms with Gasteiger partial charge in [-0.2, -0.15) is 0 Å². The molecule has 0 aliphatic heterocycles. The number of hydrogen-bond acceptors (Lipinski definition) is 4. The highest BCUT2D eigenvalue weighted by Crippen LogP contribution is 2.32. The highest BCUT2D eigenvalue weighted by atomic mass is 35.5. The van der Waals surface area contributed by atoms with Crippen LogP contribution in [0.3, 0.4) is 0 Å². The van der Waals surface area contributed by atoms with Crippen LogP contribution in [0.15, 0.2) is 52.3 Å². The lowest BCUT2D eigenvalue weighted by Crippen LogP contribution is -2.14. The van der Waals surface area contributed by atoms with Crippen molar-refractivity contribution in [3.8, 4) is 0 Å². The molecule has 0 radical (unpaired) electrons. The Labute approximate surface area is 137 Å². The molecule has 0 saturated heterocycles. The van der Waals surface area contributed by atoms with Gasteiger partial charge < -0.3 is 11.1 Å². The van der Waals surface area contributed by atoms with Gasteiger partial charge in [0.1, 0.15) is 0 Å². The van der Waals surface area contributed by atoms with Crippen LogP contribution in [0.4, 0.5) is 11.4 Å². The maximum atomic E-state index is 12.1. The molecule has 0 aliphatic carbocycles. The van der Waals surface area contributed by atoms with Gasteiger partial charge in [-0.1, -0.05) is 29.8 Å². The summed E-state index contributed by atoms with van der Waals surface area (Å²) >= 11 is 9.02. The van der Waals surface area contributed by atoms with Crippen LogP contribution in [0.5, 0.6) is 0 Å². The molecule has 0 atom stereocenters. The van der Waals surface area contributed by atoms with Crippen LogP contribution >= 0.6 is 35.1 Å². The zero-order valence-corrected chi connectivity index (χ0v) is 13.8. The Morgan fingerprint density at radius 3 is 2.71 bits per heavy atom. The number of halogens is 1. The molecular formula is C15H15ClN2OS2. The van der Waals surface area contributed by atoms with Gasteiger partial charge in [0.15, 0.2) is 0 Å². The Morgan fingerprint density at radius 2 is 2.00 bits per heavy atom. The van der Waals surface area contributed by atoms with Gasteiger partial charge in [-0.05, 0) is 30.5 Å². The SMILES string of the molecule is CSc1ccccc1NC(=O)CSc1c(N)cccc1Cl. The second kappa shape index (κ2) is 7.64. The summed E-state index contributed by atoms with van der Waals surface area (Å²) in [7, 11) is 0. The van der Waals surface area contributed by atoms with Crippen molar-refractivity contribution in [1.29, 1.82) is 0 Å². The first kappa shape index (κ1) is 16.1. The number of carbonyl (C=O) groups is 1. The van der Waals surface area contributed by atoms with E-state index in [1.54, 1.807) is 30.0 Å². The van der Waals surface area contributed by atoms with E-state index in [1.165, 1.54) is 11.8 Å². The number of hydrogen-bond donors (Lipinski definition) is 2. The lowest BCUT2D eigenvalue weighted by molar-refractivity contribution is -0.113. The molecule has 0 heterocycles. The van der Waals surface area contributed by atoms with Crippen molar-refractivity contribution in [1.82, 2.24) is 0 Å². The van der Waals surface area contributed by atoms with E-state index in [2.05, 4.69) is 5.32 Å². The topological polar surface area (TPSA) is 55.1 Å². The van der Waals surface area contributed by atoms with Gasteiger partial charge in [0.25, 0.3) is 0 Å². The first-order chi connectivity index (χ1) is 10.1. The van der Waals surface area contributed by atoms with Gasteiger partial charge in [-0.3, -0.25) is 4.79 Å². The third-order valence-electron chi connectivity index (χ3n) is 2.73. The number of nitrogens with two attached hydrogens (primary N) is 1. The smallest absolute Gasteiger partial charge is 0.234 e. The maximum absolute atomic E-state index is 12.1. The third-order valence-corrected chi connectivity index (χ3v) is 5.10. The molecule has 2 aromatic rings. The van der Waals surface area contributed by atoms with Crippen molar-refractivity contribution in [2.45, 2.75) is 9.79 Å². The van der Waals surface area contributed by atoms with E-state index in [0.29, 0.717) is 10.7 Å². The summed E-state index contributed by atoms with van der Waals surface area (Å²) < 4.78 is 0. The van der Waals surface area contributed by atoms with Gasteiger partial charge in [0, 0.05) is 15.5 Å². The quantitative estimate of drug-likeness (QED) is 0.627. The first-order valence-electron chi connectivity index (χ1n) is 6.21. The van der Waals surface area contributed by atoms with Crippen LogP contribution in [-0.4, -0.2) is 17.9 Å². The second-order valence-electron chi connectivity index (χ2n) is 4.20. The van der Waals surface area contributed by atoms with Crippen LogP contribution in [0.1, 0.15) is 0 Å². The fourth-order valence-electron chi connectivity index (χ4n) is 1.75. The Kier molecular flexibility index (Phi) is 5.85. The highest BCUT2D eigenvalue weighted by molar-refractivity contribution is 8.00. The summed E-state index contributed by atoms with van der Waals surface area (Å²) in [6.45, 7) is 0. The van der Waals surface area contributed by atoms with Crippen LogP contribution in [0, 0.1) is 0 Å². The van der Waals surface area contributed by atoms with E-state index in [9.17, 15) is 4.79 Å². The second-order valence-corrected chi connectivity index (χ2v) is 6.44. The fraction of sp³-hybridized carbons (Fsp3) is 0.133. The normalized spacial score (nSPS) is 10.4. The Morgan fingerprint density at radius 1 is 1.24 bits per heavy atom. The minimum atomic E-state index is -0.0826. The highest BCUT2D eigenvalue weighted by Gasteiger charge is 2.10. The van der Waals surface area contributed by atoms with Crippen molar-refractivity contribution >= 4 is 52.4 Å². The van der Waals surface area contributed by atoms with Crippen molar-refractivity contribution in [3.63, 3.8) is 0 Å². The largest absolute Gasteiger partial charge is 0.398 e. The van der Waals surface area contributed by atoms with E-state index < -0.39 is 0 Å². The molecule has 0 fully saturated rings. The first-order valence-corrected chi connectivity index (χ1v) is 8.80. The third kappa shape index (κ3) is 4.33. The molecule has 0 unspecified atom stereocenters. The van der Waals surface area contributed by atoms with Crippen molar-refractivity contribution in [2.75, 3.05) is 23.1 Å². The number of rotatable bonds is 5. The van der Waals surface area contributed by atoms with E-state index in [0.717, 1.165) is 15.5 Å². The van der Waals surface area contributed by atoms with Crippen LogP contribution in [-0.2, 0) is 4.79 Å². The number of carbonyl (C=O) groups excluding carboxylic acids is 1. The molecule has 21 heavy (non-hydrogen) atoms. The number of nitrogen functional groups attached to an aromatic ring is 1. The zero-order valence-electron chi connectivity index (χ0n) is 11.4. The Bertz CT molecular complexity index is 629. The molecule has 6 heteroatoms. The average Bonchev–Trinajstić information content (AvgIpc) is 2.47. The number of anilines is 2. The molecule has 0 aliphatic rings. The summed E-state index contributed by atoms with van der Waals surface area (Å²) in [4.78, 5) is 13.8. The van der Waals surface area contributed by atoms with Gasteiger partial charge in [-0.15, -0.1) is 23.5 Å². The van der Waals surface area contributed by atoms with Crippen molar-refractivity contribution in [3.05, 3.63) is 47.5 Å². The minimum absolute atomic E-state index is 0.0826. The van der Waals surface area contributed by atoms with Gasteiger partial charge in [0.2, 0.25) is 5.91 Å². The summed E-state index contributed by atoms with van der Waals surface area (Å²) in [5.74, 6) is 0.178. The molecule has 0 bridgehead atoms. The standard InChI is InChI=1S/C15H15ClN2OS2/c1-20-13-8-3-2-7-12(13)18-14(19)9-21-15-10(16)5-4-6-11(15)17/h2-8H,9,17H2,1H3,(H,18,19). The number of thioether (sulfide) groups is 2. The minimum Gasteiger partial charge on any atom is -0.398 e. The van der Waals surface area contributed by atoms with E-state index in [-0.39, 0.29) is 11.7 Å². The zero-order chi connectivity index (χ0) is 15.2. The maximum Gasteiger partial charge on any atom is 0.234 e. The fourth-order valence-corrected chi connectivity index (χ4v) is 3.44. The van der Waals surface area contributed by atoms with E-state index >= 15 is 0 Å². The van der Waals surface area contributed by atoms with Gasteiger partial charge in [0.05, 0.1) is 16.5 Å². The van der Waals surface area contributed by atoms with Gasteiger partial charge in [-0.25, -0.2) is 0 Å². The molecular weight excluding hydrogens is 324 g/mol. The lowest BCUT2D eigenvalue weighted by Gasteiger charge is -2.10. The van der Waals surface area contributed by atoms with Crippen molar-refractivity contribution < 1.29 is 4.79 Å². The van der Waals surface area contributed by atoms with Crippen LogP contribution in [0.25, 0.3) is 0 Å². The monoisotopic (exact) mass is 338 g/mol. The number of amides is 1. The number of benzene rings is 2. The van der Waals surface area contributed by atoms with Crippen LogP contribution < -0.4 is 11.1 Å². The molecule has 1 amide bonds. The van der Waals surface area contributed by atoms with Crippen molar-refractivity contribution in [2.24, 2.45) is 0 Å². The number of nitrogens with one attached hydrogen (secondary N) is 1. The molecule has 0 aromatic heterocycles. The van der Waals surface area contributed by atoms with Gasteiger partial charge >= 0.3 is 0 Å². The van der Waals surface area contributed by atoms with Crippen LogP contribution in [0.2, 0.25) is 5.02 Å². The Hall–Kier alpha value is -1.30. The van der Waals surface area contributed by atoms with E-state index in [1.807, 2.05) is 30.5 Å². The summed E-state index contributed by atoms with van der Waals surface area (Å²) in [5.41, 5.74) is 7.28. The van der Waals surface area contributed by atoms with E-state index in [4.69, 9.17) is 17.3 Å². The molecule has 2 rings (SSSR count). The molecule has 3 nitrogen and oxygen atoms in total. The molecule has 0 spiro atoms. The molecule has 110 valence electrons. The lowest BCUT2D eigenvalue weighted by atomic mass is 10.3.